The third-order valence-electron chi connectivity index (χ3n) is 3.81. The smallest absolute Gasteiger partial charge is 0.115 e. The molecule has 0 saturated carbocycles. The number of rotatable bonds is 6. The molecule has 0 fully saturated rings. The summed E-state index contributed by atoms with van der Waals surface area (Å²) in [5.41, 5.74) is 15.3. The van der Waals surface area contributed by atoms with Crippen LogP contribution in [0.15, 0.2) is 48.5 Å². The van der Waals surface area contributed by atoms with Crippen LogP contribution in [0.3, 0.4) is 0 Å². The van der Waals surface area contributed by atoms with Gasteiger partial charge in [-0.25, -0.2) is 0 Å². The summed E-state index contributed by atoms with van der Waals surface area (Å²) >= 11 is 0. The van der Waals surface area contributed by atoms with Gasteiger partial charge in [0, 0.05) is 12.2 Å². The van der Waals surface area contributed by atoms with E-state index in [1.165, 1.54) is 0 Å². The van der Waals surface area contributed by atoms with Crippen LogP contribution in [0.1, 0.15) is 20.8 Å². The third-order valence-corrected chi connectivity index (χ3v) is 3.81. The van der Waals surface area contributed by atoms with Gasteiger partial charge in [-0.3, -0.25) is 0 Å². The molecule has 124 valence electrons. The van der Waals surface area contributed by atoms with E-state index in [1.807, 2.05) is 49.1 Å². The average molecular weight is 314 g/mol. The Kier molecular flexibility index (Phi) is 5.47. The number of nitrogens with two attached hydrogens (primary N) is 2. The second kappa shape index (κ2) is 7.35. The van der Waals surface area contributed by atoms with Crippen molar-refractivity contribution in [3.05, 3.63) is 48.5 Å². The van der Waals surface area contributed by atoms with E-state index in [4.69, 9.17) is 11.5 Å². The molecule has 2 aromatic carbocycles. The Hall–Kier alpha value is -2.24. The zero-order chi connectivity index (χ0) is 17.0. The predicted octanol–water partition coefficient (Wildman–Crippen LogP) is 2.97. The molecule has 0 radical (unpaired) electrons. The molecule has 0 amide bonds. The third kappa shape index (κ3) is 3.75. The number of phenolic OH excluding ortho intramolecular Hbond substituents is 1. The Morgan fingerprint density at radius 3 is 1.91 bits per heavy atom. The molecular formula is C18H26N4O. The van der Waals surface area contributed by atoms with Crippen LogP contribution in [-0.4, -0.2) is 24.0 Å². The topological polar surface area (TPSA) is 78.8 Å². The summed E-state index contributed by atoms with van der Waals surface area (Å²) in [5.74, 6) is 0.255. The molecule has 5 N–H and O–H groups in total. The number of phenols is 1. The first-order valence-corrected chi connectivity index (χ1v) is 7.90. The highest BCUT2D eigenvalue weighted by Crippen LogP contribution is 2.35. The van der Waals surface area contributed by atoms with Gasteiger partial charge < -0.3 is 26.4 Å². The van der Waals surface area contributed by atoms with Crippen LogP contribution < -0.4 is 21.3 Å². The Bertz CT molecular complexity index is 617. The summed E-state index contributed by atoms with van der Waals surface area (Å²) in [7, 11) is 0. The molecule has 0 spiro atoms. The van der Waals surface area contributed by atoms with Gasteiger partial charge in [0.25, 0.3) is 0 Å². The van der Waals surface area contributed by atoms with Crippen LogP contribution in [0.4, 0.5) is 17.1 Å². The lowest BCUT2D eigenvalue weighted by molar-refractivity contribution is 0.475. The standard InChI is InChI=1S/C18H26N4O/c1-4-21(15-9-11-16(23)12-10-15)17-7-5-6-8-18(17)22(13(2)19)14(3)20/h5-14,23H,4,19-20H2,1-3H3. The predicted molar refractivity (Wildman–Crippen MR) is 97.0 cm³/mol. The first-order valence-electron chi connectivity index (χ1n) is 7.90. The van der Waals surface area contributed by atoms with Gasteiger partial charge in [-0.2, -0.15) is 0 Å². The van der Waals surface area contributed by atoms with Crippen molar-refractivity contribution in [3.63, 3.8) is 0 Å². The van der Waals surface area contributed by atoms with Crippen molar-refractivity contribution in [1.29, 1.82) is 0 Å². The molecule has 2 aromatic rings. The highest BCUT2D eigenvalue weighted by molar-refractivity contribution is 5.77. The van der Waals surface area contributed by atoms with Crippen molar-refractivity contribution in [2.45, 2.75) is 33.1 Å². The molecule has 0 aliphatic carbocycles. The van der Waals surface area contributed by atoms with Gasteiger partial charge in [-0.15, -0.1) is 0 Å². The van der Waals surface area contributed by atoms with Crippen molar-refractivity contribution in [2.24, 2.45) is 11.5 Å². The van der Waals surface area contributed by atoms with E-state index in [1.54, 1.807) is 12.1 Å². The second-order valence-corrected chi connectivity index (χ2v) is 5.64. The summed E-state index contributed by atoms with van der Waals surface area (Å²) in [6.45, 7) is 6.73. The molecule has 2 unspecified atom stereocenters. The average Bonchev–Trinajstić information content (AvgIpc) is 2.50. The summed E-state index contributed by atoms with van der Waals surface area (Å²) in [5, 5.41) is 9.51. The van der Waals surface area contributed by atoms with Crippen molar-refractivity contribution in [3.8, 4) is 5.75 Å². The molecule has 0 heterocycles. The molecule has 2 atom stereocenters. The second-order valence-electron chi connectivity index (χ2n) is 5.64. The number of nitrogens with zero attached hydrogens (tertiary/aromatic N) is 2. The maximum absolute atomic E-state index is 9.51. The zero-order valence-corrected chi connectivity index (χ0v) is 14.0. The molecular weight excluding hydrogens is 288 g/mol. The van der Waals surface area contributed by atoms with Gasteiger partial charge in [0.05, 0.1) is 23.7 Å². The van der Waals surface area contributed by atoms with Crippen LogP contribution in [0, 0.1) is 0 Å². The highest BCUT2D eigenvalue weighted by Gasteiger charge is 2.21. The molecule has 0 aliphatic rings. The maximum Gasteiger partial charge on any atom is 0.115 e. The molecule has 0 aromatic heterocycles. The first kappa shape index (κ1) is 17.1. The number of benzene rings is 2. The van der Waals surface area contributed by atoms with Gasteiger partial charge in [-0.05, 0) is 57.2 Å². The van der Waals surface area contributed by atoms with Crippen LogP contribution in [0.25, 0.3) is 0 Å². The van der Waals surface area contributed by atoms with Gasteiger partial charge in [0.2, 0.25) is 0 Å². The van der Waals surface area contributed by atoms with E-state index in [0.717, 1.165) is 23.6 Å². The van der Waals surface area contributed by atoms with Crippen molar-refractivity contribution in [1.82, 2.24) is 0 Å². The lowest BCUT2D eigenvalue weighted by Crippen LogP contribution is -2.50. The molecule has 2 rings (SSSR count). The van der Waals surface area contributed by atoms with E-state index in [0.29, 0.717) is 0 Å². The normalized spacial score (nSPS) is 13.4. The van der Waals surface area contributed by atoms with Crippen LogP contribution >= 0.6 is 0 Å². The largest absolute Gasteiger partial charge is 0.508 e. The van der Waals surface area contributed by atoms with Crippen LogP contribution in [0.2, 0.25) is 0 Å². The van der Waals surface area contributed by atoms with Crippen molar-refractivity contribution < 1.29 is 5.11 Å². The van der Waals surface area contributed by atoms with Gasteiger partial charge >= 0.3 is 0 Å². The number of para-hydroxylation sites is 2. The van der Waals surface area contributed by atoms with E-state index >= 15 is 0 Å². The minimum absolute atomic E-state index is 0.199. The van der Waals surface area contributed by atoms with Gasteiger partial charge in [0.15, 0.2) is 0 Å². The van der Waals surface area contributed by atoms with Crippen LogP contribution in [-0.2, 0) is 0 Å². The highest BCUT2D eigenvalue weighted by atomic mass is 16.3. The lowest BCUT2D eigenvalue weighted by Gasteiger charge is -2.36. The number of hydrogen-bond acceptors (Lipinski definition) is 5. The fourth-order valence-corrected chi connectivity index (χ4v) is 2.84. The Morgan fingerprint density at radius 2 is 1.43 bits per heavy atom. The van der Waals surface area contributed by atoms with E-state index in [-0.39, 0.29) is 18.1 Å². The minimum Gasteiger partial charge on any atom is -0.508 e. The number of hydrogen-bond donors (Lipinski definition) is 3. The Labute approximate surface area is 138 Å². The first-order chi connectivity index (χ1) is 11.0. The quantitative estimate of drug-likeness (QED) is 0.714. The van der Waals surface area contributed by atoms with Gasteiger partial charge in [0.1, 0.15) is 5.75 Å². The molecule has 0 bridgehead atoms. The zero-order valence-electron chi connectivity index (χ0n) is 14.0. The molecule has 5 nitrogen and oxygen atoms in total. The minimum atomic E-state index is -0.199. The van der Waals surface area contributed by atoms with Crippen molar-refractivity contribution >= 4 is 17.1 Å². The van der Waals surface area contributed by atoms with Crippen LogP contribution in [0.5, 0.6) is 5.75 Å². The maximum atomic E-state index is 9.51. The number of aromatic hydroxyl groups is 1. The fourth-order valence-electron chi connectivity index (χ4n) is 2.84. The van der Waals surface area contributed by atoms with Crippen molar-refractivity contribution in [2.75, 3.05) is 16.3 Å². The molecule has 23 heavy (non-hydrogen) atoms. The monoisotopic (exact) mass is 314 g/mol. The van der Waals surface area contributed by atoms with E-state index in [9.17, 15) is 5.11 Å². The summed E-state index contributed by atoms with van der Waals surface area (Å²) < 4.78 is 0. The fraction of sp³-hybridized carbons (Fsp3) is 0.333. The molecule has 0 saturated heterocycles. The Morgan fingerprint density at radius 1 is 0.913 bits per heavy atom. The Balaban J connectivity index is 2.51. The summed E-state index contributed by atoms with van der Waals surface area (Å²) in [4.78, 5) is 4.17. The van der Waals surface area contributed by atoms with Gasteiger partial charge in [-0.1, -0.05) is 12.1 Å². The SMILES string of the molecule is CCN(c1ccc(O)cc1)c1ccccc1N(C(C)N)C(C)N. The summed E-state index contributed by atoms with van der Waals surface area (Å²) in [6.07, 6.45) is -0.399. The van der Waals surface area contributed by atoms with E-state index < -0.39 is 0 Å². The molecule has 5 heteroatoms. The van der Waals surface area contributed by atoms with E-state index in [2.05, 4.69) is 17.9 Å². The lowest BCUT2D eigenvalue weighted by atomic mass is 10.1. The summed E-state index contributed by atoms with van der Waals surface area (Å²) in [6, 6.07) is 15.3. The molecule has 0 aliphatic heterocycles. The number of anilines is 3.